The lowest BCUT2D eigenvalue weighted by molar-refractivity contribution is 0.425. The van der Waals surface area contributed by atoms with Crippen LogP contribution in [0.25, 0.3) is 0 Å². The Kier molecular flexibility index (Phi) is 10.6. The first kappa shape index (κ1) is 15.9. The molecule has 0 aliphatic rings. The summed E-state index contributed by atoms with van der Waals surface area (Å²) in [4.78, 5) is 0.00681. The average Bonchev–Trinajstić information content (AvgIpc) is 2.19. The quantitative estimate of drug-likeness (QED) is 0.360. The predicted molar refractivity (Wildman–Crippen MR) is 72.6 cm³/mol. The molecule has 0 rings (SSSR count). The van der Waals surface area contributed by atoms with Crippen molar-refractivity contribution in [1.29, 1.82) is 0 Å². The van der Waals surface area contributed by atoms with Gasteiger partial charge in [0.2, 0.25) is 0 Å². The molecule has 0 heterocycles. The van der Waals surface area contributed by atoms with Gasteiger partial charge >= 0.3 is 0 Å². The van der Waals surface area contributed by atoms with E-state index in [0.717, 1.165) is 63.1 Å². The van der Waals surface area contributed by atoms with E-state index in [-0.39, 0.29) is 4.87 Å². The zero-order valence-electron chi connectivity index (χ0n) is 9.70. The number of alkyl halides is 3. The highest BCUT2D eigenvalue weighted by atomic mass is 35.5. The van der Waals surface area contributed by atoms with Gasteiger partial charge in [-0.05, 0) is 32.1 Å². The molecule has 15 heavy (non-hydrogen) atoms. The van der Waals surface area contributed by atoms with E-state index in [1.54, 1.807) is 0 Å². The predicted octanol–water partition coefficient (Wildman–Crippen LogP) is 5.58. The third-order valence-electron chi connectivity index (χ3n) is 2.71. The van der Waals surface area contributed by atoms with E-state index in [2.05, 4.69) is 6.92 Å². The Morgan fingerprint density at radius 2 is 1.27 bits per heavy atom. The van der Waals surface area contributed by atoms with Crippen molar-refractivity contribution in [3.05, 3.63) is 0 Å². The van der Waals surface area contributed by atoms with Crippen molar-refractivity contribution in [2.24, 2.45) is 0 Å². The number of hydrogen-bond acceptors (Lipinski definition) is 0. The SMILES string of the molecule is CCCC(Cl)(CCCCCl)CCCCCl. The largest absolute Gasteiger partial charge is 0.127 e. The second kappa shape index (κ2) is 10.1. The summed E-state index contributed by atoms with van der Waals surface area (Å²) in [7, 11) is 0. The lowest BCUT2D eigenvalue weighted by Gasteiger charge is -2.26. The van der Waals surface area contributed by atoms with E-state index in [4.69, 9.17) is 34.8 Å². The molecule has 0 fully saturated rings. The minimum Gasteiger partial charge on any atom is -0.127 e. The minimum atomic E-state index is 0.00681. The molecule has 0 aromatic heterocycles. The molecule has 92 valence electrons. The van der Waals surface area contributed by atoms with Crippen LogP contribution in [0.2, 0.25) is 0 Å². The van der Waals surface area contributed by atoms with E-state index < -0.39 is 0 Å². The van der Waals surface area contributed by atoms with Crippen LogP contribution < -0.4 is 0 Å². The van der Waals surface area contributed by atoms with Crippen molar-refractivity contribution >= 4 is 34.8 Å². The molecule has 0 nitrogen and oxygen atoms in total. The molecule has 0 aromatic carbocycles. The highest BCUT2D eigenvalue weighted by Gasteiger charge is 2.24. The van der Waals surface area contributed by atoms with E-state index in [1.165, 1.54) is 0 Å². The molecule has 0 spiro atoms. The summed E-state index contributed by atoms with van der Waals surface area (Å²) in [6, 6.07) is 0. The maximum atomic E-state index is 6.62. The monoisotopic (exact) mass is 272 g/mol. The Labute approximate surface area is 110 Å². The molecule has 0 radical (unpaired) electrons. The highest BCUT2D eigenvalue weighted by Crippen LogP contribution is 2.33. The van der Waals surface area contributed by atoms with Crippen molar-refractivity contribution in [3.8, 4) is 0 Å². The summed E-state index contributed by atoms with van der Waals surface area (Å²) < 4.78 is 0. The van der Waals surface area contributed by atoms with E-state index in [1.807, 2.05) is 0 Å². The number of rotatable bonds is 10. The number of hydrogen-bond donors (Lipinski definition) is 0. The topological polar surface area (TPSA) is 0 Å². The normalized spacial score (nSPS) is 12.0. The van der Waals surface area contributed by atoms with Crippen molar-refractivity contribution in [1.82, 2.24) is 0 Å². The Balaban J connectivity index is 3.83. The van der Waals surface area contributed by atoms with Gasteiger partial charge in [0.1, 0.15) is 0 Å². The van der Waals surface area contributed by atoms with Gasteiger partial charge in [0.15, 0.2) is 0 Å². The summed E-state index contributed by atoms with van der Waals surface area (Å²) in [5, 5.41) is 0. The molecule has 0 unspecified atom stereocenters. The number of unbranched alkanes of at least 4 members (excludes halogenated alkanes) is 2. The average molecular weight is 274 g/mol. The smallest absolute Gasteiger partial charge is 0.0446 e. The van der Waals surface area contributed by atoms with E-state index >= 15 is 0 Å². The van der Waals surface area contributed by atoms with E-state index in [9.17, 15) is 0 Å². The highest BCUT2D eigenvalue weighted by molar-refractivity contribution is 6.23. The van der Waals surface area contributed by atoms with E-state index in [0.29, 0.717) is 0 Å². The van der Waals surface area contributed by atoms with Crippen LogP contribution in [0.5, 0.6) is 0 Å². The summed E-state index contributed by atoms with van der Waals surface area (Å²) in [5.74, 6) is 1.50. The van der Waals surface area contributed by atoms with Crippen LogP contribution in [0.4, 0.5) is 0 Å². The maximum Gasteiger partial charge on any atom is 0.0446 e. The standard InChI is InChI=1S/C12H23Cl3/c1-2-7-12(15,8-3-5-10-13)9-4-6-11-14/h2-11H2,1H3. The molecule has 0 atom stereocenters. The fourth-order valence-corrected chi connectivity index (χ4v) is 2.73. The third-order valence-corrected chi connectivity index (χ3v) is 3.82. The zero-order chi connectivity index (χ0) is 11.6. The van der Waals surface area contributed by atoms with Crippen LogP contribution >= 0.6 is 34.8 Å². The first-order valence-corrected chi connectivity index (χ1v) is 7.44. The molecular formula is C12H23Cl3. The van der Waals surface area contributed by atoms with Gasteiger partial charge in [-0.15, -0.1) is 34.8 Å². The molecule has 0 bridgehead atoms. The van der Waals surface area contributed by atoms with Gasteiger partial charge in [0.25, 0.3) is 0 Å². The lowest BCUT2D eigenvalue weighted by atomic mass is 9.91. The van der Waals surface area contributed by atoms with Crippen LogP contribution in [0.3, 0.4) is 0 Å². The first-order valence-electron chi connectivity index (χ1n) is 5.99. The molecular weight excluding hydrogens is 250 g/mol. The minimum absolute atomic E-state index is 0.00681. The van der Waals surface area contributed by atoms with Gasteiger partial charge in [-0.3, -0.25) is 0 Å². The second-order valence-corrected chi connectivity index (χ2v) is 5.75. The van der Waals surface area contributed by atoms with Gasteiger partial charge < -0.3 is 0 Å². The third kappa shape index (κ3) is 8.65. The van der Waals surface area contributed by atoms with Crippen molar-refractivity contribution in [2.75, 3.05) is 11.8 Å². The molecule has 0 amide bonds. The van der Waals surface area contributed by atoms with Crippen LogP contribution in [-0.2, 0) is 0 Å². The Morgan fingerprint density at radius 3 is 1.60 bits per heavy atom. The molecule has 0 aromatic rings. The number of halogens is 3. The Hall–Kier alpha value is 0.870. The molecule has 0 aliphatic heterocycles. The zero-order valence-corrected chi connectivity index (χ0v) is 12.0. The fourth-order valence-electron chi connectivity index (χ4n) is 1.90. The molecule has 0 saturated heterocycles. The van der Waals surface area contributed by atoms with Crippen molar-refractivity contribution in [3.63, 3.8) is 0 Å². The summed E-state index contributed by atoms with van der Waals surface area (Å²) in [5.41, 5.74) is 0. The summed E-state index contributed by atoms with van der Waals surface area (Å²) in [6.45, 7) is 2.19. The Bertz CT molecular complexity index is 127. The van der Waals surface area contributed by atoms with Gasteiger partial charge in [-0.2, -0.15) is 0 Å². The van der Waals surface area contributed by atoms with Gasteiger partial charge in [-0.1, -0.05) is 26.2 Å². The van der Waals surface area contributed by atoms with Gasteiger partial charge in [-0.25, -0.2) is 0 Å². The van der Waals surface area contributed by atoms with Crippen LogP contribution in [0, 0.1) is 0 Å². The maximum absolute atomic E-state index is 6.62. The summed E-state index contributed by atoms with van der Waals surface area (Å²) in [6.07, 6.45) is 8.91. The van der Waals surface area contributed by atoms with Gasteiger partial charge in [0, 0.05) is 16.6 Å². The fraction of sp³-hybridized carbons (Fsp3) is 1.00. The van der Waals surface area contributed by atoms with Crippen LogP contribution in [-0.4, -0.2) is 16.6 Å². The molecule has 3 heteroatoms. The second-order valence-electron chi connectivity index (χ2n) is 4.19. The van der Waals surface area contributed by atoms with Crippen LogP contribution in [0.15, 0.2) is 0 Å². The van der Waals surface area contributed by atoms with Crippen LogP contribution in [0.1, 0.15) is 58.3 Å². The molecule has 0 N–H and O–H groups in total. The summed E-state index contributed by atoms with van der Waals surface area (Å²) >= 11 is 18.0. The van der Waals surface area contributed by atoms with Crippen molar-refractivity contribution < 1.29 is 0 Å². The van der Waals surface area contributed by atoms with Crippen molar-refractivity contribution in [2.45, 2.75) is 63.2 Å². The first-order chi connectivity index (χ1) is 7.18. The Morgan fingerprint density at radius 1 is 0.800 bits per heavy atom. The molecule has 0 aliphatic carbocycles. The lowest BCUT2D eigenvalue weighted by Crippen LogP contribution is -2.21. The van der Waals surface area contributed by atoms with Gasteiger partial charge in [0.05, 0.1) is 0 Å². The molecule has 0 saturated carbocycles.